The predicted molar refractivity (Wildman–Crippen MR) is 79.6 cm³/mol. The molecule has 3 nitrogen and oxygen atoms in total. The van der Waals surface area contributed by atoms with E-state index >= 15 is 0 Å². The van der Waals surface area contributed by atoms with Crippen LogP contribution in [0.15, 0.2) is 24.3 Å². The number of rotatable bonds is 5. The van der Waals surface area contributed by atoms with Crippen molar-refractivity contribution in [2.75, 3.05) is 6.54 Å². The van der Waals surface area contributed by atoms with Gasteiger partial charge in [-0.05, 0) is 31.5 Å². The molecule has 2 aromatic rings. The second-order valence-electron chi connectivity index (χ2n) is 4.69. The van der Waals surface area contributed by atoms with E-state index in [1.54, 1.807) is 0 Å². The summed E-state index contributed by atoms with van der Waals surface area (Å²) < 4.78 is 1.97. The third-order valence-electron chi connectivity index (χ3n) is 3.30. The zero-order valence-corrected chi connectivity index (χ0v) is 12.5. The van der Waals surface area contributed by atoms with Crippen LogP contribution in [0.4, 0.5) is 0 Å². The van der Waals surface area contributed by atoms with Gasteiger partial charge in [-0.1, -0.05) is 42.8 Å². The van der Waals surface area contributed by atoms with Crippen LogP contribution in [-0.4, -0.2) is 16.3 Å². The molecule has 0 saturated carbocycles. The summed E-state index contributed by atoms with van der Waals surface area (Å²) in [6.07, 6.45) is 0. The van der Waals surface area contributed by atoms with E-state index in [4.69, 9.17) is 11.6 Å². The molecule has 0 aliphatic rings. The van der Waals surface area contributed by atoms with Gasteiger partial charge >= 0.3 is 0 Å². The average Bonchev–Trinajstić information content (AvgIpc) is 2.65. The molecule has 0 aliphatic heterocycles. The summed E-state index contributed by atoms with van der Waals surface area (Å²) in [5, 5.41) is 8.62. The van der Waals surface area contributed by atoms with Gasteiger partial charge in [-0.3, -0.25) is 4.68 Å². The molecule has 1 N–H and O–H groups in total. The highest BCUT2D eigenvalue weighted by Gasteiger charge is 2.10. The summed E-state index contributed by atoms with van der Waals surface area (Å²) in [7, 11) is 0. The first-order valence-corrected chi connectivity index (χ1v) is 6.98. The number of aryl methyl sites for hydroxylation is 1. The maximum atomic E-state index is 6.19. The van der Waals surface area contributed by atoms with E-state index in [0.29, 0.717) is 0 Å². The fourth-order valence-corrected chi connectivity index (χ4v) is 2.27. The lowest BCUT2D eigenvalue weighted by Crippen LogP contribution is -2.14. The van der Waals surface area contributed by atoms with Crippen molar-refractivity contribution in [2.45, 2.75) is 33.9 Å². The minimum Gasteiger partial charge on any atom is -0.313 e. The molecule has 2 rings (SSSR count). The van der Waals surface area contributed by atoms with Gasteiger partial charge in [0.05, 0.1) is 23.0 Å². The highest BCUT2D eigenvalue weighted by Crippen LogP contribution is 2.20. The van der Waals surface area contributed by atoms with Crippen LogP contribution in [0.5, 0.6) is 0 Å². The Morgan fingerprint density at radius 3 is 2.47 bits per heavy atom. The monoisotopic (exact) mass is 277 g/mol. The first-order valence-electron chi connectivity index (χ1n) is 6.60. The molecule has 1 aromatic carbocycles. The molecule has 0 saturated heterocycles. The molecule has 102 valence electrons. The maximum Gasteiger partial charge on any atom is 0.0844 e. The Labute approximate surface area is 119 Å². The summed E-state index contributed by atoms with van der Waals surface area (Å²) in [4.78, 5) is 0. The van der Waals surface area contributed by atoms with Gasteiger partial charge in [0.2, 0.25) is 0 Å². The summed E-state index contributed by atoms with van der Waals surface area (Å²) in [6, 6.07) is 8.45. The third-order valence-corrected chi connectivity index (χ3v) is 3.84. The largest absolute Gasteiger partial charge is 0.313 e. The van der Waals surface area contributed by atoms with E-state index in [9.17, 15) is 0 Å². The molecule has 1 heterocycles. The van der Waals surface area contributed by atoms with Gasteiger partial charge in [0.25, 0.3) is 0 Å². The van der Waals surface area contributed by atoms with Crippen LogP contribution in [0.1, 0.15) is 29.4 Å². The van der Waals surface area contributed by atoms with Crippen molar-refractivity contribution in [3.8, 4) is 0 Å². The highest BCUT2D eigenvalue weighted by atomic mass is 35.5. The van der Waals surface area contributed by atoms with Crippen molar-refractivity contribution < 1.29 is 0 Å². The van der Waals surface area contributed by atoms with E-state index < -0.39 is 0 Å². The molecule has 0 unspecified atom stereocenters. The topological polar surface area (TPSA) is 29.9 Å². The van der Waals surface area contributed by atoms with Crippen LogP contribution in [0.3, 0.4) is 0 Å². The lowest BCUT2D eigenvalue weighted by Gasteiger charge is -2.11. The molecule has 0 bridgehead atoms. The van der Waals surface area contributed by atoms with Crippen molar-refractivity contribution in [2.24, 2.45) is 0 Å². The van der Waals surface area contributed by atoms with E-state index in [0.717, 1.165) is 36.0 Å². The summed E-state index contributed by atoms with van der Waals surface area (Å²) >= 11 is 6.19. The van der Waals surface area contributed by atoms with Crippen LogP contribution in [0, 0.1) is 13.8 Å². The molecule has 0 fully saturated rings. The summed E-state index contributed by atoms with van der Waals surface area (Å²) in [5.41, 5.74) is 4.51. The molecular formula is C15H20ClN3. The Balaban J connectivity index is 2.25. The predicted octanol–water partition coefficient (Wildman–Crippen LogP) is 3.31. The van der Waals surface area contributed by atoms with Gasteiger partial charge in [0.15, 0.2) is 0 Å². The van der Waals surface area contributed by atoms with Crippen LogP contribution >= 0.6 is 11.6 Å². The molecule has 4 heteroatoms. The zero-order chi connectivity index (χ0) is 13.8. The first-order chi connectivity index (χ1) is 9.13. The van der Waals surface area contributed by atoms with Crippen molar-refractivity contribution in [3.63, 3.8) is 0 Å². The minimum absolute atomic E-state index is 0.765. The van der Waals surface area contributed by atoms with Crippen molar-refractivity contribution in [3.05, 3.63) is 51.8 Å². The van der Waals surface area contributed by atoms with Crippen molar-refractivity contribution in [1.82, 2.24) is 15.1 Å². The van der Waals surface area contributed by atoms with Crippen LogP contribution in [-0.2, 0) is 13.1 Å². The minimum atomic E-state index is 0.765. The number of aromatic nitrogens is 2. The van der Waals surface area contributed by atoms with E-state index in [-0.39, 0.29) is 0 Å². The van der Waals surface area contributed by atoms with E-state index in [2.05, 4.69) is 41.6 Å². The summed E-state index contributed by atoms with van der Waals surface area (Å²) in [5.74, 6) is 0. The smallest absolute Gasteiger partial charge is 0.0844 e. The molecular weight excluding hydrogens is 258 g/mol. The van der Waals surface area contributed by atoms with Crippen LogP contribution in [0.2, 0.25) is 5.02 Å². The van der Waals surface area contributed by atoms with Gasteiger partial charge < -0.3 is 5.32 Å². The Bertz CT molecular complexity index is 561. The number of halogens is 1. The number of benzene rings is 1. The molecule has 1 aromatic heterocycles. The fraction of sp³-hybridized carbons (Fsp3) is 0.400. The second kappa shape index (κ2) is 6.22. The lowest BCUT2D eigenvalue weighted by atomic mass is 10.1. The Morgan fingerprint density at radius 2 is 1.89 bits per heavy atom. The van der Waals surface area contributed by atoms with E-state index in [1.807, 2.05) is 18.5 Å². The molecule has 0 aliphatic carbocycles. The van der Waals surface area contributed by atoms with Crippen LogP contribution < -0.4 is 5.32 Å². The quantitative estimate of drug-likeness (QED) is 0.909. The van der Waals surface area contributed by atoms with Gasteiger partial charge in [-0.15, -0.1) is 0 Å². The van der Waals surface area contributed by atoms with Crippen molar-refractivity contribution in [1.29, 1.82) is 0 Å². The molecule has 19 heavy (non-hydrogen) atoms. The van der Waals surface area contributed by atoms with Crippen molar-refractivity contribution >= 4 is 11.6 Å². The highest BCUT2D eigenvalue weighted by molar-refractivity contribution is 6.31. The molecule has 0 amide bonds. The number of nitrogens with one attached hydrogen (secondary N) is 1. The summed E-state index contributed by atoms with van der Waals surface area (Å²) in [6.45, 7) is 8.69. The lowest BCUT2D eigenvalue weighted by molar-refractivity contribution is 0.645. The van der Waals surface area contributed by atoms with E-state index in [1.165, 1.54) is 11.1 Å². The number of hydrogen-bond acceptors (Lipinski definition) is 2. The van der Waals surface area contributed by atoms with Gasteiger partial charge in [-0.2, -0.15) is 5.10 Å². The third kappa shape index (κ3) is 3.17. The standard InChI is InChI=1S/C15H20ClN3/c1-4-17-9-13-7-5-6-8-14(13)10-19-12(3)15(16)11(2)18-19/h5-8,17H,4,9-10H2,1-3H3. The van der Waals surface area contributed by atoms with Gasteiger partial charge in [0.1, 0.15) is 0 Å². The normalized spacial score (nSPS) is 10.9. The zero-order valence-electron chi connectivity index (χ0n) is 11.7. The fourth-order valence-electron chi connectivity index (χ4n) is 2.13. The molecule has 0 atom stereocenters. The SMILES string of the molecule is CCNCc1ccccc1Cn1nc(C)c(Cl)c1C. The second-order valence-corrected chi connectivity index (χ2v) is 5.07. The maximum absolute atomic E-state index is 6.19. The molecule has 0 spiro atoms. The van der Waals surface area contributed by atoms with Crippen LogP contribution in [0.25, 0.3) is 0 Å². The number of nitrogens with zero attached hydrogens (tertiary/aromatic N) is 2. The Hall–Kier alpha value is -1.32. The van der Waals surface area contributed by atoms with Gasteiger partial charge in [-0.25, -0.2) is 0 Å². The average molecular weight is 278 g/mol. The Kier molecular flexibility index (Phi) is 4.61. The number of hydrogen-bond donors (Lipinski definition) is 1. The first kappa shape index (κ1) is 14.1. The van der Waals surface area contributed by atoms with Gasteiger partial charge in [0, 0.05) is 6.54 Å². The Morgan fingerprint density at radius 1 is 1.21 bits per heavy atom. The molecule has 0 radical (unpaired) electrons.